The molecular weight excluding hydrogens is 256 g/mol. The van der Waals surface area contributed by atoms with Gasteiger partial charge in [0.2, 0.25) is 0 Å². The molecule has 0 aliphatic rings. The number of halogens is 1. The van der Waals surface area contributed by atoms with Crippen LogP contribution in [0.3, 0.4) is 0 Å². The predicted octanol–water partition coefficient (Wildman–Crippen LogP) is 4.22. The summed E-state index contributed by atoms with van der Waals surface area (Å²) in [6.45, 7) is 3.91. The van der Waals surface area contributed by atoms with E-state index in [9.17, 15) is 0 Å². The van der Waals surface area contributed by atoms with E-state index in [1.54, 1.807) is 0 Å². The highest BCUT2D eigenvalue weighted by molar-refractivity contribution is 6.33. The molecule has 2 aromatic rings. The number of rotatable bonds is 5. The van der Waals surface area contributed by atoms with Gasteiger partial charge in [-0.1, -0.05) is 42.8 Å². The van der Waals surface area contributed by atoms with Gasteiger partial charge in [-0.05, 0) is 36.4 Å². The number of para-hydroxylation sites is 1. The second-order valence-electron chi connectivity index (χ2n) is 4.46. The number of hydrogen-bond acceptors (Lipinski definition) is 2. The molecule has 0 spiro atoms. The maximum Gasteiger partial charge on any atom is 0.0646 e. The Bertz CT molecular complexity index is 526. The van der Waals surface area contributed by atoms with Crippen LogP contribution in [0.2, 0.25) is 5.02 Å². The lowest BCUT2D eigenvalue weighted by molar-refractivity contribution is 0.727. The molecule has 0 saturated carbocycles. The molecule has 0 saturated heterocycles. The molecular formula is C16H19ClN2. The van der Waals surface area contributed by atoms with Crippen molar-refractivity contribution in [3.8, 4) is 0 Å². The minimum absolute atomic E-state index is 0.779. The fraction of sp³-hybridized carbons (Fsp3) is 0.250. The summed E-state index contributed by atoms with van der Waals surface area (Å²) in [6.07, 6.45) is 0. The maximum absolute atomic E-state index is 6.38. The van der Waals surface area contributed by atoms with E-state index >= 15 is 0 Å². The fourth-order valence-electron chi connectivity index (χ4n) is 1.99. The van der Waals surface area contributed by atoms with Crippen molar-refractivity contribution in [1.82, 2.24) is 5.32 Å². The second kappa shape index (κ2) is 6.60. The lowest BCUT2D eigenvalue weighted by atomic mass is 10.2. The minimum atomic E-state index is 0.779. The molecule has 0 aliphatic heterocycles. The zero-order valence-corrected chi connectivity index (χ0v) is 12.1. The number of anilines is 2. The Morgan fingerprint density at radius 3 is 2.47 bits per heavy atom. The zero-order chi connectivity index (χ0) is 13.7. The van der Waals surface area contributed by atoms with Crippen LogP contribution in [-0.4, -0.2) is 13.6 Å². The molecule has 0 atom stereocenters. The smallest absolute Gasteiger partial charge is 0.0646 e. The third-order valence-electron chi connectivity index (χ3n) is 3.10. The standard InChI is InChI=1S/C16H19ClN2/c1-3-18-12-13-9-10-16(15(17)11-13)19(2)14-7-5-4-6-8-14/h4-11,18H,3,12H2,1-2H3. The first kappa shape index (κ1) is 13.9. The van der Waals surface area contributed by atoms with Gasteiger partial charge in [-0.25, -0.2) is 0 Å². The van der Waals surface area contributed by atoms with Crippen LogP contribution in [0.1, 0.15) is 12.5 Å². The molecule has 0 fully saturated rings. The first-order chi connectivity index (χ1) is 9.22. The molecule has 100 valence electrons. The summed E-state index contributed by atoms with van der Waals surface area (Å²) in [5.74, 6) is 0. The van der Waals surface area contributed by atoms with Crippen LogP contribution in [0.5, 0.6) is 0 Å². The molecule has 0 unspecified atom stereocenters. The topological polar surface area (TPSA) is 15.3 Å². The third kappa shape index (κ3) is 3.49. The van der Waals surface area contributed by atoms with Crippen LogP contribution in [0.15, 0.2) is 48.5 Å². The molecule has 2 rings (SSSR count). The fourth-order valence-corrected chi connectivity index (χ4v) is 2.32. The molecule has 2 aromatic carbocycles. The average molecular weight is 275 g/mol. The van der Waals surface area contributed by atoms with Gasteiger partial charge in [0, 0.05) is 19.3 Å². The van der Waals surface area contributed by atoms with Gasteiger partial charge < -0.3 is 10.2 Å². The Labute approximate surface area is 120 Å². The van der Waals surface area contributed by atoms with Crippen molar-refractivity contribution < 1.29 is 0 Å². The second-order valence-corrected chi connectivity index (χ2v) is 4.87. The van der Waals surface area contributed by atoms with Crippen molar-refractivity contribution in [2.75, 3.05) is 18.5 Å². The summed E-state index contributed by atoms with van der Waals surface area (Å²) in [7, 11) is 2.03. The molecule has 0 aromatic heterocycles. The van der Waals surface area contributed by atoms with E-state index in [0.717, 1.165) is 29.5 Å². The zero-order valence-electron chi connectivity index (χ0n) is 11.4. The van der Waals surface area contributed by atoms with Crippen LogP contribution >= 0.6 is 11.6 Å². The molecule has 0 amide bonds. The van der Waals surface area contributed by atoms with Crippen molar-refractivity contribution in [3.63, 3.8) is 0 Å². The summed E-state index contributed by atoms with van der Waals surface area (Å²) in [5, 5.41) is 4.08. The SMILES string of the molecule is CCNCc1ccc(N(C)c2ccccc2)c(Cl)c1. The van der Waals surface area contributed by atoms with Gasteiger partial charge in [0.05, 0.1) is 10.7 Å². The Morgan fingerprint density at radius 1 is 1.11 bits per heavy atom. The highest BCUT2D eigenvalue weighted by Gasteiger charge is 2.08. The minimum Gasteiger partial charge on any atom is -0.343 e. The summed E-state index contributed by atoms with van der Waals surface area (Å²) >= 11 is 6.38. The first-order valence-corrected chi connectivity index (χ1v) is 6.88. The van der Waals surface area contributed by atoms with Crippen molar-refractivity contribution in [2.24, 2.45) is 0 Å². The Morgan fingerprint density at radius 2 is 1.84 bits per heavy atom. The monoisotopic (exact) mass is 274 g/mol. The number of hydrogen-bond donors (Lipinski definition) is 1. The molecule has 0 radical (unpaired) electrons. The summed E-state index contributed by atoms with van der Waals surface area (Å²) in [6, 6.07) is 16.4. The number of nitrogens with one attached hydrogen (secondary N) is 1. The van der Waals surface area contributed by atoms with E-state index in [4.69, 9.17) is 11.6 Å². The quantitative estimate of drug-likeness (QED) is 0.878. The van der Waals surface area contributed by atoms with Crippen LogP contribution in [0.4, 0.5) is 11.4 Å². The Hall–Kier alpha value is -1.51. The lowest BCUT2D eigenvalue weighted by Crippen LogP contribution is -2.13. The van der Waals surface area contributed by atoms with Crippen molar-refractivity contribution in [3.05, 3.63) is 59.1 Å². The van der Waals surface area contributed by atoms with Gasteiger partial charge in [-0.3, -0.25) is 0 Å². The molecule has 19 heavy (non-hydrogen) atoms. The largest absolute Gasteiger partial charge is 0.343 e. The van der Waals surface area contributed by atoms with E-state index in [0.29, 0.717) is 0 Å². The average Bonchev–Trinajstić information content (AvgIpc) is 2.45. The summed E-state index contributed by atoms with van der Waals surface area (Å²) in [5.41, 5.74) is 3.36. The van der Waals surface area contributed by atoms with Gasteiger partial charge in [0.25, 0.3) is 0 Å². The Balaban J connectivity index is 2.21. The van der Waals surface area contributed by atoms with Gasteiger partial charge in [-0.15, -0.1) is 0 Å². The molecule has 0 aliphatic carbocycles. The van der Waals surface area contributed by atoms with Crippen LogP contribution in [-0.2, 0) is 6.54 Å². The highest BCUT2D eigenvalue weighted by atomic mass is 35.5. The van der Waals surface area contributed by atoms with Gasteiger partial charge in [-0.2, -0.15) is 0 Å². The lowest BCUT2D eigenvalue weighted by Gasteiger charge is -2.21. The summed E-state index contributed by atoms with van der Waals surface area (Å²) in [4.78, 5) is 2.10. The van der Waals surface area contributed by atoms with Crippen molar-refractivity contribution >= 4 is 23.0 Å². The van der Waals surface area contributed by atoms with Crippen LogP contribution in [0.25, 0.3) is 0 Å². The normalized spacial score (nSPS) is 10.5. The Kier molecular flexibility index (Phi) is 4.83. The number of benzene rings is 2. The maximum atomic E-state index is 6.38. The van der Waals surface area contributed by atoms with Crippen LogP contribution < -0.4 is 10.2 Å². The van der Waals surface area contributed by atoms with Gasteiger partial charge in [0.1, 0.15) is 0 Å². The predicted molar refractivity (Wildman–Crippen MR) is 83.3 cm³/mol. The molecule has 1 N–H and O–H groups in total. The van der Waals surface area contributed by atoms with E-state index < -0.39 is 0 Å². The molecule has 0 heterocycles. The van der Waals surface area contributed by atoms with Crippen molar-refractivity contribution in [2.45, 2.75) is 13.5 Å². The molecule has 0 bridgehead atoms. The van der Waals surface area contributed by atoms with Crippen molar-refractivity contribution in [1.29, 1.82) is 0 Å². The highest BCUT2D eigenvalue weighted by Crippen LogP contribution is 2.31. The molecule has 2 nitrogen and oxygen atoms in total. The van der Waals surface area contributed by atoms with Gasteiger partial charge in [0.15, 0.2) is 0 Å². The summed E-state index contributed by atoms with van der Waals surface area (Å²) < 4.78 is 0. The third-order valence-corrected chi connectivity index (χ3v) is 3.40. The van der Waals surface area contributed by atoms with E-state index in [-0.39, 0.29) is 0 Å². The van der Waals surface area contributed by atoms with E-state index in [1.165, 1.54) is 5.56 Å². The van der Waals surface area contributed by atoms with E-state index in [1.807, 2.05) is 31.3 Å². The van der Waals surface area contributed by atoms with Gasteiger partial charge >= 0.3 is 0 Å². The first-order valence-electron chi connectivity index (χ1n) is 6.50. The molecule has 3 heteroatoms. The van der Waals surface area contributed by atoms with E-state index in [2.05, 4.69) is 41.4 Å². The number of nitrogens with zero attached hydrogens (tertiary/aromatic N) is 1. The van der Waals surface area contributed by atoms with Crippen LogP contribution in [0, 0.1) is 0 Å².